The number of aromatic nitrogens is 2. The van der Waals surface area contributed by atoms with Crippen molar-refractivity contribution in [3.05, 3.63) is 83.3 Å². The van der Waals surface area contributed by atoms with Crippen LogP contribution in [0.1, 0.15) is 49.4 Å². The summed E-state index contributed by atoms with van der Waals surface area (Å²) < 4.78 is 30.5. The van der Waals surface area contributed by atoms with Crippen LogP contribution in [-0.4, -0.2) is 62.3 Å². The first kappa shape index (κ1) is 25.9. The minimum Gasteiger partial charge on any atom is -0.344 e. The first-order valence-electron chi connectivity index (χ1n) is 14.1. The minimum absolute atomic E-state index is 0.136. The van der Waals surface area contributed by atoms with Gasteiger partial charge in [-0.2, -0.15) is 0 Å². The third kappa shape index (κ3) is 4.03. The molecule has 0 bridgehead atoms. The monoisotopic (exact) mass is 559 g/mol. The Hall–Kier alpha value is -3.06. The summed E-state index contributed by atoms with van der Waals surface area (Å²) >= 11 is -0.769. The van der Waals surface area contributed by atoms with Gasteiger partial charge in [0.2, 0.25) is 11.8 Å². The van der Waals surface area contributed by atoms with Gasteiger partial charge in [-0.15, -0.1) is 0 Å². The van der Waals surface area contributed by atoms with Gasteiger partial charge in [0.1, 0.15) is 23.2 Å². The molecule has 0 aliphatic carbocycles. The second kappa shape index (κ2) is 9.23. The molecule has 4 aliphatic heterocycles. The normalized spacial score (nSPS) is 24.1. The smallest absolute Gasteiger partial charge is 0.303 e. The Bertz CT molecular complexity index is 1510. The molecule has 206 valence electrons. The second-order valence-electron chi connectivity index (χ2n) is 12.3. The van der Waals surface area contributed by atoms with E-state index in [4.69, 9.17) is 0 Å². The van der Waals surface area contributed by atoms with E-state index in [2.05, 4.69) is 15.2 Å². The zero-order valence-corrected chi connectivity index (χ0v) is 23.9. The van der Waals surface area contributed by atoms with Crippen molar-refractivity contribution in [2.75, 3.05) is 11.9 Å². The van der Waals surface area contributed by atoms with Crippen molar-refractivity contribution < 1.29 is 18.4 Å². The molecule has 40 heavy (non-hydrogen) atoms. The van der Waals surface area contributed by atoms with Gasteiger partial charge < -0.3 is 14.8 Å². The van der Waals surface area contributed by atoms with Crippen LogP contribution in [0.25, 0.3) is 0 Å². The summed E-state index contributed by atoms with van der Waals surface area (Å²) in [4.78, 5) is 35.9. The lowest BCUT2D eigenvalue weighted by Gasteiger charge is -2.35. The fourth-order valence-corrected chi connectivity index (χ4v) is 11.9. The first-order chi connectivity index (χ1) is 19.2. The van der Waals surface area contributed by atoms with E-state index in [1.54, 1.807) is 17.1 Å². The Balaban J connectivity index is 1.11. The van der Waals surface area contributed by atoms with Crippen molar-refractivity contribution >= 4 is 31.8 Å². The predicted octanol–water partition coefficient (Wildman–Crippen LogP) is 4.43. The van der Waals surface area contributed by atoms with Gasteiger partial charge in [0.25, 0.3) is 0 Å². The number of nitrogens with zero attached hydrogens (tertiary/aromatic N) is 4. The van der Waals surface area contributed by atoms with Gasteiger partial charge in [-0.3, -0.25) is 14.5 Å². The van der Waals surface area contributed by atoms with Gasteiger partial charge in [0.15, 0.2) is 5.82 Å². The van der Waals surface area contributed by atoms with E-state index in [9.17, 15) is 18.4 Å². The number of imidazole rings is 1. The second-order valence-corrected chi connectivity index (χ2v) is 15.7. The fourth-order valence-electron chi connectivity index (χ4n) is 7.35. The molecule has 3 fully saturated rings. The van der Waals surface area contributed by atoms with Crippen molar-refractivity contribution in [3.8, 4) is 0 Å². The number of halogens is 2. The van der Waals surface area contributed by atoms with Crippen LogP contribution >= 0.6 is 0 Å². The van der Waals surface area contributed by atoms with Gasteiger partial charge in [0.05, 0.1) is 6.33 Å². The summed E-state index contributed by atoms with van der Waals surface area (Å²) in [5, 5.41) is 5.57. The number of hydrogen-bond acceptors (Lipinski definition) is 4. The molecule has 3 saturated heterocycles. The molecule has 7 rings (SSSR count). The molecule has 2 unspecified atom stereocenters. The van der Waals surface area contributed by atoms with Gasteiger partial charge in [-0.25, -0.2) is 13.8 Å². The Morgan fingerprint density at radius 1 is 1.20 bits per heavy atom. The SMILES string of the molecule is CC(C)(C(=O)N1C2CC[CH2][Al]3[CH2][C]213)n1cnc(NC(=O)[C@H](c2ccccc2)N2CCc3cc(F)cc(F)c3C2)c1. The topological polar surface area (TPSA) is 70.2 Å². The van der Waals surface area contributed by atoms with Crippen molar-refractivity contribution in [2.45, 2.75) is 72.2 Å². The van der Waals surface area contributed by atoms with E-state index in [1.807, 2.05) is 49.1 Å². The van der Waals surface area contributed by atoms with Crippen LogP contribution in [0.2, 0.25) is 10.6 Å². The molecule has 4 aliphatic rings. The molecule has 1 aromatic heterocycles. The number of amides is 2. The van der Waals surface area contributed by atoms with Gasteiger partial charge in [-0.05, 0) is 43.9 Å². The number of hydrogen-bond donors (Lipinski definition) is 1. The number of carbonyl (C=O) groups is 2. The Kier molecular flexibility index (Phi) is 5.97. The molecular weight excluding hydrogens is 527 g/mol. The summed E-state index contributed by atoms with van der Waals surface area (Å²) in [7, 11) is 0. The summed E-state index contributed by atoms with van der Waals surface area (Å²) in [5.41, 5.74) is 1.01. The van der Waals surface area contributed by atoms with E-state index in [1.165, 1.54) is 23.1 Å². The molecule has 7 nitrogen and oxygen atoms in total. The zero-order chi connectivity index (χ0) is 27.8. The number of anilines is 1. The summed E-state index contributed by atoms with van der Waals surface area (Å²) in [6, 6.07) is 11.4. The third-order valence-corrected chi connectivity index (χ3v) is 13.7. The van der Waals surface area contributed by atoms with Crippen LogP contribution in [0, 0.1) is 11.6 Å². The standard InChI is InChI=1S/C30H32F2N5O2.Al/c1-5-9-25-19(2)37(25)29(39)30(3,4)36-17-26(33-18-36)34-28(38)27(20-10-7-6-8-11-20)35-13-12-21-14-22(31)15-24(32)23(21)16-35;/h6-8,10-11,14-15,17-18,25,27H,1-2,5,9,12-13,16H2,3-4H3,(H,34,38);/t25?,27-,37?;/m0./s1. The molecule has 1 N–H and O–H groups in total. The van der Waals surface area contributed by atoms with Crippen molar-refractivity contribution in [1.82, 2.24) is 19.4 Å². The van der Waals surface area contributed by atoms with Crippen LogP contribution in [0.4, 0.5) is 14.6 Å². The third-order valence-electron chi connectivity index (χ3n) is 9.65. The molecule has 3 atom stereocenters. The van der Waals surface area contributed by atoms with Crippen LogP contribution in [-0.2, 0) is 28.1 Å². The van der Waals surface area contributed by atoms with E-state index < -0.39 is 37.4 Å². The lowest BCUT2D eigenvalue weighted by molar-refractivity contribution is -0.134. The number of rotatable bonds is 6. The zero-order valence-electron chi connectivity index (χ0n) is 22.7. The maximum atomic E-state index is 14.7. The average Bonchev–Trinajstić information content (AvgIpc) is 3.76. The van der Waals surface area contributed by atoms with E-state index >= 15 is 0 Å². The lowest BCUT2D eigenvalue weighted by atomic mass is 9.95. The van der Waals surface area contributed by atoms with Gasteiger partial charge >= 0.3 is 14.1 Å². The van der Waals surface area contributed by atoms with Crippen molar-refractivity contribution in [1.29, 1.82) is 0 Å². The molecule has 3 aromatic rings. The summed E-state index contributed by atoms with van der Waals surface area (Å²) in [6.45, 7) is 4.49. The summed E-state index contributed by atoms with van der Waals surface area (Å²) in [5.74, 6) is -0.984. The average molecular weight is 560 g/mol. The predicted molar refractivity (Wildman–Crippen MR) is 148 cm³/mol. The molecular formula is C30H32AlF2N5O2. The Morgan fingerprint density at radius 2 is 2.00 bits per heavy atom. The quantitative estimate of drug-likeness (QED) is 0.359. The highest BCUT2D eigenvalue weighted by molar-refractivity contribution is 6.77. The number of carbonyl (C=O) groups excluding carboxylic acids is 2. The molecule has 2 amide bonds. The maximum Gasteiger partial charge on any atom is 0.303 e. The fraction of sp³-hybridized carbons (Fsp3) is 0.433. The highest BCUT2D eigenvalue weighted by atomic mass is 27.2. The first-order valence-corrected chi connectivity index (χ1v) is 16.4. The molecule has 0 radical (unpaired) electrons. The number of benzene rings is 2. The molecule has 1 spiro atoms. The summed E-state index contributed by atoms with van der Waals surface area (Å²) in [6.07, 6.45) is 6.14. The minimum atomic E-state index is -0.814. The van der Waals surface area contributed by atoms with Crippen LogP contribution < -0.4 is 5.32 Å². The van der Waals surface area contributed by atoms with Crippen LogP contribution in [0.15, 0.2) is 55.0 Å². The van der Waals surface area contributed by atoms with Crippen molar-refractivity contribution in [2.24, 2.45) is 0 Å². The van der Waals surface area contributed by atoms with Crippen LogP contribution in [0.3, 0.4) is 0 Å². The highest BCUT2D eigenvalue weighted by Crippen LogP contribution is 2.66. The van der Waals surface area contributed by atoms with Gasteiger partial charge in [-0.1, -0.05) is 47.3 Å². The number of fused-ring (bicyclic) bond motifs is 1. The molecule has 2 aromatic carbocycles. The van der Waals surface area contributed by atoms with E-state index in [0.717, 1.165) is 18.1 Å². The largest absolute Gasteiger partial charge is 0.344 e. The Morgan fingerprint density at radius 3 is 2.77 bits per heavy atom. The molecule has 0 saturated carbocycles. The molecule has 10 heteroatoms. The Labute approximate surface area is 236 Å². The highest BCUT2D eigenvalue weighted by Gasteiger charge is 2.81. The number of nitrogens with one attached hydrogen (secondary N) is 1. The maximum absolute atomic E-state index is 14.7. The molecule has 5 heterocycles. The van der Waals surface area contributed by atoms with Crippen molar-refractivity contribution in [3.63, 3.8) is 0 Å². The lowest BCUT2D eigenvalue weighted by Crippen LogP contribution is -2.41. The van der Waals surface area contributed by atoms with Gasteiger partial charge in [0, 0.05) is 41.4 Å². The van der Waals surface area contributed by atoms with E-state index in [-0.39, 0.29) is 22.8 Å². The van der Waals surface area contributed by atoms with E-state index in [0.29, 0.717) is 36.0 Å². The van der Waals surface area contributed by atoms with Crippen LogP contribution in [0.5, 0.6) is 0 Å².